The molecular formula is C23H25NO6. The molecule has 0 saturated carbocycles. The Morgan fingerprint density at radius 3 is 2.70 bits per heavy atom. The molecule has 2 fully saturated rings. The van der Waals surface area contributed by atoms with Gasteiger partial charge in [-0.05, 0) is 62.1 Å². The number of hydrogen-bond acceptors (Lipinski definition) is 6. The van der Waals surface area contributed by atoms with E-state index in [0.29, 0.717) is 23.7 Å². The SMILES string of the molecule is COc1cc(C)c(/C(O)=C2/C(=O)C(=O)N(CC3CCCO3)C2c2ccco2)cc1C. The van der Waals surface area contributed by atoms with E-state index in [9.17, 15) is 14.7 Å². The van der Waals surface area contributed by atoms with Crippen molar-refractivity contribution in [1.82, 2.24) is 4.90 Å². The monoisotopic (exact) mass is 411 g/mol. The third kappa shape index (κ3) is 3.39. The lowest BCUT2D eigenvalue weighted by molar-refractivity contribution is -0.141. The van der Waals surface area contributed by atoms with Crippen LogP contribution in [0.5, 0.6) is 5.75 Å². The van der Waals surface area contributed by atoms with E-state index in [1.807, 2.05) is 13.8 Å². The van der Waals surface area contributed by atoms with Gasteiger partial charge in [-0.1, -0.05) is 0 Å². The second kappa shape index (κ2) is 7.99. The molecule has 0 radical (unpaired) electrons. The maximum absolute atomic E-state index is 13.0. The largest absolute Gasteiger partial charge is 0.507 e. The molecule has 158 valence electrons. The Balaban J connectivity index is 1.83. The van der Waals surface area contributed by atoms with Crippen LogP contribution in [0, 0.1) is 13.8 Å². The van der Waals surface area contributed by atoms with Crippen molar-refractivity contribution in [2.45, 2.75) is 38.8 Å². The molecule has 3 heterocycles. The maximum Gasteiger partial charge on any atom is 0.295 e. The Kier molecular flexibility index (Phi) is 5.39. The van der Waals surface area contributed by atoms with Gasteiger partial charge in [0.1, 0.15) is 23.3 Å². The predicted octanol–water partition coefficient (Wildman–Crippen LogP) is 3.51. The molecule has 2 unspecified atom stereocenters. The first-order valence-electron chi connectivity index (χ1n) is 10.0. The number of aryl methyl sites for hydroxylation is 2. The number of amides is 1. The summed E-state index contributed by atoms with van der Waals surface area (Å²) in [6.45, 7) is 4.59. The molecule has 1 aromatic carbocycles. The number of aliphatic hydroxyl groups is 1. The lowest BCUT2D eigenvalue weighted by Crippen LogP contribution is -2.36. The summed E-state index contributed by atoms with van der Waals surface area (Å²) in [6, 6.07) is 6.17. The highest BCUT2D eigenvalue weighted by molar-refractivity contribution is 6.46. The standard InChI is InChI=1S/C23H25NO6/c1-13-11-18(28-3)14(2)10-16(13)21(25)19-20(17-7-5-9-30-17)24(23(27)22(19)26)12-15-6-4-8-29-15/h5,7,9-11,15,20,25H,4,6,8,12H2,1-3H3/b21-19-. The topological polar surface area (TPSA) is 89.2 Å². The van der Waals surface area contributed by atoms with Crippen LogP contribution in [0.25, 0.3) is 5.76 Å². The molecule has 0 aliphatic carbocycles. The zero-order chi connectivity index (χ0) is 21.4. The summed E-state index contributed by atoms with van der Waals surface area (Å²) in [6.07, 6.45) is 3.10. The van der Waals surface area contributed by atoms with Crippen LogP contribution in [0.3, 0.4) is 0 Å². The van der Waals surface area contributed by atoms with Crippen LogP contribution in [0.2, 0.25) is 0 Å². The van der Waals surface area contributed by atoms with Gasteiger partial charge >= 0.3 is 0 Å². The summed E-state index contributed by atoms with van der Waals surface area (Å²) < 4.78 is 16.6. The number of ketones is 1. The summed E-state index contributed by atoms with van der Waals surface area (Å²) in [4.78, 5) is 27.4. The average Bonchev–Trinajstić information content (AvgIpc) is 3.48. The van der Waals surface area contributed by atoms with Crippen LogP contribution in [-0.2, 0) is 14.3 Å². The number of rotatable bonds is 5. The number of aliphatic hydroxyl groups excluding tert-OH is 1. The summed E-state index contributed by atoms with van der Waals surface area (Å²) in [5.74, 6) is -0.481. The molecule has 2 saturated heterocycles. The quantitative estimate of drug-likeness (QED) is 0.460. The molecule has 1 aromatic heterocycles. The van der Waals surface area contributed by atoms with E-state index in [-0.39, 0.29) is 24.0 Å². The lowest BCUT2D eigenvalue weighted by Gasteiger charge is -2.25. The van der Waals surface area contributed by atoms with E-state index in [2.05, 4.69) is 0 Å². The van der Waals surface area contributed by atoms with Gasteiger partial charge in [-0.2, -0.15) is 0 Å². The summed E-state index contributed by atoms with van der Waals surface area (Å²) in [7, 11) is 1.58. The normalized spacial score (nSPS) is 23.4. The van der Waals surface area contributed by atoms with Crippen molar-refractivity contribution < 1.29 is 28.6 Å². The molecule has 2 atom stereocenters. The molecule has 30 heavy (non-hydrogen) atoms. The molecule has 2 aromatic rings. The van der Waals surface area contributed by atoms with E-state index in [1.54, 1.807) is 31.4 Å². The fraction of sp³-hybridized carbons (Fsp3) is 0.391. The van der Waals surface area contributed by atoms with Gasteiger partial charge in [0.05, 0.1) is 25.1 Å². The first-order chi connectivity index (χ1) is 14.4. The second-order valence-electron chi connectivity index (χ2n) is 7.74. The minimum absolute atomic E-state index is 0.0283. The number of carbonyl (C=O) groups excluding carboxylic acids is 2. The van der Waals surface area contributed by atoms with Crippen molar-refractivity contribution in [1.29, 1.82) is 0 Å². The van der Waals surface area contributed by atoms with Crippen molar-refractivity contribution in [3.8, 4) is 5.75 Å². The smallest absolute Gasteiger partial charge is 0.295 e. The molecule has 1 N–H and O–H groups in total. The molecule has 2 aliphatic heterocycles. The number of furan rings is 1. The Morgan fingerprint density at radius 1 is 1.27 bits per heavy atom. The van der Waals surface area contributed by atoms with Gasteiger partial charge in [0.2, 0.25) is 0 Å². The predicted molar refractivity (Wildman–Crippen MR) is 109 cm³/mol. The van der Waals surface area contributed by atoms with E-state index in [4.69, 9.17) is 13.9 Å². The number of likely N-dealkylation sites (tertiary alicyclic amines) is 1. The van der Waals surface area contributed by atoms with E-state index < -0.39 is 17.7 Å². The minimum atomic E-state index is -0.800. The Morgan fingerprint density at radius 2 is 2.07 bits per heavy atom. The molecule has 4 rings (SSSR count). The summed E-state index contributed by atoms with van der Waals surface area (Å²) >= 11 is 0. The van der Waals surface area contributed by atoms with Crippen molar-refractivity contribution in [2.75, 3.05) is 20.3 Å². The zero-order valence-corrected chi connectivity index (χ0v) is 17.3. The average molecular weight is 411 g/mol. The van der Waals surface area contributed by atoms with Crippen LogP contribution in [0.15, 0.2) is 40.5 Å². The highest BCUT2D eigenvalue weighted by Crippen LogP contribution is 2.41. The van der Waals surface area contributed by atoms with Crippen LogP contribution in [0.4, 0.5) is 0 Å². The summed E-state index contributed by atoms with van der Waals surface area (Å²) in [5.41, 5.74) is 2.06. The molecule has 0 spiro atoms. The Bertz CT molecular complexity index is 1000. The molecular weight excluding hydrogens is 386 g/mol. The number of ether oxygens (including phenoxy) is 2. The van der Waals surface area contributed by atoms with Gasteiger partial charge in [0.25, 0.3) is 11.7 Å². The fourth-order valence-corrected chi connectivity index (χ4v) is 4.23. The highest BCUT2D eigenvalue weighted by Gasteiger charge is 2.48. The van der Waals surface area contributed by atoms with Crippen molar-refractivity contribution in [3.05, 3.63) is 58.6 Å². The zero-order valence-electron chi connectivity index (χ0n) is 17.3. The van der Waals surface area contributed by atoms with E-state index in [1.165, 1.54) is 11.2 Å². The fourth-order valence-electron chi connectivity index (χ4n) is 4.23. The van der Waals surface area contributed by atoms with Gasteiger partial charge in [0.15, 0.2) is 0 Å². The Hall–Kier alpha value is -3.06. The number of methoxy groups -OCH3 is 1. The molecule has 2 aliphatic rings. The number of benzene rings is 1. The number of carbonyl (C=O) groups is 2. The lowest BCUT2D eigenvalue weighted by atomic mass is 9.95. The third-order valence-electron chi connectivity index (χ3n) is 5.77. The van der Waals surface area contributed by atoms with Gasteiger partial charge in [-0.25, -0.2) is 0 Å². The van der Waals surface area contributed by atoms with Gasteiger partial charge < -0.3 is 23.9 Å². The van der Waals surface area contributed by atoms with Gasteiger partial charge in [-0.3, -0.25) is 9.59 Å². The minimum Gasteiger partial charge on any atom is -0.507 e. The molecule has 7 nitrogen and oxygen atoms in total. The molecule has 0 bridgehead atoms. The van der Waals surface area contributed by atoms with Gasteiger partial charge in [0, 0.05) is 18.7 Å². The van der Waals surface area contributed by atoms with Crippen molar-refractivity contribution >= 4 is 17.4 Å². The third-order valence-corrected chi connectivity index (χ3v) is 5.77. The highest BCUT2D eigenvalue weighted by atomic mass is 16.5. The van der Waals surface area contributed by atoms with Gasteiger partial charge in [-0.15, -0.1) is 0 Å². The number of nitrogens with zero attached hydrogens (tertiary/aromatic N) is 1. The molecule has 1 amide bonds. The van der Waals surface area contributed by atoms with Crippen LogP contribution >= 0.6 is 0 Å². The second-order valence-corrected chi connectivity index (χ2v) is 7.74. The summed E-state index contributed by atoms with van der Waals surface area (Å²) in [5, 5.41) is 11.2. The number of Topliss-reactive ketones (excluding diaryl/α,β-unsaturated/α-hetero) is 1. The van der Waals surface area contributed by atoms with Crippen LogP contribution < -0.4 is 4.74 Å². The molecule has 7 heteroatoms. The number of hydrogen-bond donors (Lipinski definition) is 1. The van der Waals surface area contributed by atoms with E-state index in [0.717, 1.165) is 24.0 Å². The van der Waals surface area contributed by atoms with Crippen molar-refractivity contribution in [2.24, 2.45) is 0 Å². The Labute approximate surface area is 174 Å². The maximum atomic E-state index is 13.0. The van der Waals surface area contributed by atoms with Crippen LogP contribution in [-0.4, -0.2) is 48.1 Å². The first kappa shape index (κ1) is 20.2. The van der Waals surface area contributed by atoms with E-state index >= 15 is 0 Å². The first-order valence-corrected chi connectivity index (χ1v) is 10.0. The van der Waals surface area contributed by atoms with Crippen molar-refractivity contribution in [3.63, 3.8) is 0 Å². The van der Waals surface area contributed by atoms with Crippen LogP contribution in [0.1, 0.15) is 41.3 Å².